The molecule has 2 aliphatic rings. The highest BCUT2D eigenvalue weighted by atomic mass is 16.6. The minimum atomic E-state index is -0.974. The molecule has 0 unspecified atom stereocenters. The van der Waals surface area contributed by atoms with Crippen LogP contribution >= 0.6 is 0 Å². The third-order valence-corrected chi connectivity index (χ3v) is 4.99. The number of methoxy groups -OCH3 is 1. The van der Waals surface area contributed by atoms with Crippen LogP contribution in [-0.2, 0) is 19.1 Å². The summed E-state index contributed by atoms with van der Waals surface area (Å²) in [6.45, 7) is 10.9. The van der Waals surface area contributed by atoms with E-state index < -0.39 is 23.2 Å². The second-order valence-electron chi connectivity index (χ2n) is 8.13. The van der Waals surface area contributed by atoms with Crippen molar-refractivity contribution in [3.8, 4) is 0 Å². The molecule has 1 saturated carbocycles. The van der Waals surface area contributed by atoms with Gasteiger partial charge in [0.15, 0.2) is 0 Å². The molecule has 2 atom stereocenters. The number of ether oxygens (including phenoxy) is 2. The summed E-state index contributed by atoms with van der Waals surface area (Å²) in [7, 11) is 1.33. The van der Waals surface area contributed by atoms with Crippen molar-refractivity contribution in [1.29, 1.82) is 0 Å². The number of nitrogens with one attached hydrogen (secondary N) is 1. The lowest BCUT2D eigenvalue weighted by Crippen LogP contribution is -2.49. The van der Waals surface area contributed by atoms with Crippen molar-refractivity contribution in [3.05, 3.63) is 0 Å². The summed E-state index contributed by atoms with van der Waals surface area (Å²) in [5.41, 5.74) is -1.60. The van der Waals surface area contributed by atoms with Crippen LogP contribution in [0.3, 0.4) is 0 Å². The number of nitrogens with zero attached hydrogens (tertiary/aromatic N) is 2. The van der Waals surface area contributed by atoms with Crippen LogP contribution < -0.4 is 5.32 Å². The smallest absolute Gasteiger partial charge is 0.408 e. The van der Waals surface area contributed by atoms with Gasteiger partial charge in [0.1, 0.15) is 11.1 Å². The highest BCUT2D eigenvalue weighted by Crippen LogP contribution is 2.47. The molecule has 0 spiro atoms. The Balaban J connectivity index is 1.85. The molecule has 1 N–H and O–H groups in total. The van der Waals surface area contributed by atoms with Gasteiger partial charge in [-0.15, -0.1) is 0 Å². The molecule has 0 bridgehead atoms. The van der Waals surface area contributed by atoms with E-state index in [0.717, 1.165) is 39.1 Å². The Kier molecular flexibility index (Phi) is 6.16. The SMILES string of the molecule is COC(=O)[C@@]1(NC(=O)OC(C)(C)C)C[C@H]1CCN1CCN(C(C)=O)CC1. The molecule has 1 saturated heterocycles. The van der Waals surface area contributed by atoms with Crippen LogP contribution in [0.5, 0.6) is 0 Å². The highest BCUT2D eigenvalue weighted by molar-refractivity contribution is 5.89. The molecule has 1 heterocycles. The van der Waals surface area contributed by atoms with Crippen LogP contribution in [0.15, 0.2) is 0 Å². The molecule has 0 radical (unpaired) electrons. The van der Waals surface area contributed by atoms with E-state index in [9.17, 15) is 14.4 Å². The van der Waals surface area contributed by atoms with E-state index in [1.165, 1.54) is 7.11 Å². The standard InChI is InChI=1S/C18H31N3O5/c1-13(22)21-10-8-20(9-11-21)7-6-14-12-18(14,15(23)25-5)19-16(24)26-17(2,3)4/h14H,6-12H2,1-5H3,(H,19,24)/t14-,18-/m1/s1. The molecular weight excluding hydrogens is 338 g/mol. The largest absolute Gasteiger partial charge is 0.467 e. The molecule has 148 valence electrons. The Labute approximate surface area is 155 Å². The van der Waals surface area contributed by atoms with Crippen molar-refractivity contribution in [2.45, 2.75) is 51.7 Å². The summed E-state index contributed by atoms with van der Waals surface area (Å²) in [4.78, 5) is 39.8. The minimum absolute atomic E-state index is 0.0355. The maximum atomic E-state index is 12.2. The van der Waals surface area contributed by atoms with Gasteiger partial charge in [0.05, 0.1) is 7.11 Å². The van der Waals surface area contributed by atoms with Crippen LogP contribution in [0.2, 0.25) is 0 Å². The average Bonchev–Trinajstić information content (AvgIpc) is 3.24. The predicted molar refractivity (Wildman–Crippen MR) is 95.5 cm³/mol. The third-order valence-electron chi connectivity index (χ3n) is 4.99. The Morgan fingerprint density at radius 3 is 2.27 bits per heavy atom. The molecule has 1 aliphatic heterocycles. The normalized spacial score (nSPS) is 26.2. The van der Waals surface area contributed by atoms with Crippen molar-refractivity contribution < 1.29 is 23.9 Å². The first-order valence-corrected chi connectivity index (χ1v) is 9.15. The van der Waals surface area contributed by atoms with E-state index in [0.29, 0.717) is 6.42 Å². The molecule has 8 nitrogen and oxygen atoms in total. The Bertz CT molecular complexity index is 552. The van der Waals surface area contributed by atoms with Gasteiger partial charge >= 0.3 is 12.1 Å². The number of hydrogen-bond donors (Lipinski definition) is 1. The maximum absolute atomic E-state index is 12.2. The van der Waals surface area contributed by atoms with Gasteiger partial charge in [0.25, 0.3) is 0 Å². The second-order valence-corrected chi connectivity index (χ2v) is 8.13. The zero-order valence-corrected chi connectivity index (χ0v) is 16.5. The van der Waals surface area contributed by atoms with E-state index in [4.69, 9.17) is 9.47 Å². The van der Waals surface area contributed by atoms with E-state index >= 15 is 0 Å². The van der Waals surface area contributed by atoms with Gasteiger partial charge in [-0.1, -0.05) is 0 Å². The number of rotatable bonds is 5. The van der Waals surface area contributed by atoms with Crippen LogP contribution in [0.1, 0.15) is 40.5 Å². The summed E-state index contributed by atoms with van der Waals surface area (Å²) in [5, 5.41) is 2.73. The van der Waals surface area contributed by atoms with Gasteiger partial charge in [-0.3, -0.25) is 9.69 Å². The van der Waals surface area contributed by atoms with Gasteiger partial charge in [0, 0.05) is 33.1 Å². The summed E-state index contributed by atoms with van der Waals surface area (Å²) in [6.07, 6.45) is 0.748. The first kappa shape index (κ1) is 20.5. The first-order valence-electron chi connectivity index (χ1n) is 9.15. The van der Waals surface area contributed by atoms with Gasteiger partial charge in [-0.05, 0) is 46.1 Å². The fourth-order valence-corrected chi connectivity index (χ4v) is 3.42. The Morgan fingerprint density at radius 1 is 1.15 bits per heavy atom. The summed E-state index contributed by atoms with van der Waals surface area (Å²) >= 11 is 0. The fourth-order valence-electron chi connectivity index (χ4n) is 3.42. The number of piperazine rings is 1. The third kappa shape index (κ3) is 5.09. The molecule has 0 aromatic carbocycles. The van der Waals surface area contributed by atoms with Crippen molar-refractivity contribution in [1.82, 2.24) is 15.1 Å². The minimum Gasteiger partial charge on any atom is -0.467 e. The number of hydrogen-bond acceptors (Lipinski definition) is 6. The lowest BCUT2D eigenvalue weighted by molar-refractivity contribution is -0.145. The summed E-state index contributed by atoms with van der Waals surface area (Å²) in [6, 6.07) is 0. The number of carbonyl (C=O) groups is 3. The molecule has 2 amide bonds. The number of amides is 2. The monoisotopic (exact) mass is 369 g/mol. The Hall–Kier alpha value is -1.83. The predicted octanol–water partition coefficient (Wildman–Crippen LogP) is 0.997. The van der Waals surface area contributed by atoms with E-state index in [1.54, 1.807) is 27.7 Å². The van der Waals surface area contributed by atoms with E-state index in [-0.39, 0.29) is 11.8 Å². The summed E-state index contributed by atoms with van der Waals surface area (Å²) < 4.78 is 10.2. The topological polar surface area (TPSA) is 88.2 Å². The van der Waals surface area contributed by atoms with Crippen molar-refractivity contribution >= 4 is 18.0 Å². The van der Waals surface area contributed by atoms with Crippen LogP contribution in [0, 0.1) is 5.92 Å². The maximum Gasteiger partial charge on any atom is 0.408 e. The quantitative estimate of drug-likeness (QED) is 0.728. The highest BCUT2D eigenvalue weighted by Gasteiger charge is 2.62. The second kappa shape index (κ2) is 7.82. The number of carbonyl (C=O) groups excluding carboxylic acids is 3. The molecule has 2 fully saturated rings. The fraction of sp³-hybridized carbons (Fsp3) is 0.833. The Morgan fingerprint density at radius 2 is 1.77 bits per heavy atom. The van der Waals surface area contributed by atoms with Crippen molar-refractivity contribution in [2.75, 3.05) is 39.8 Å². The number of alkyl carbamates (subject to hydrolysis) is 1. The molecule has 0 aromatic rings. The van der Waals surface area contributed by atoms with Crippen LogP contribution in [-0.4, -0.2) is 78.7 Å². The zero-order valence-electron chi connectivity index (χ0n) is 16.5. The summed E-state index contributed by atoms with van der Waals surface area (Å²) in [5.74, 6) is -0.277. The van der Waals surface area contributed by atoms with E-state index in [2.05, 4.69) is 10.2 Å². The zero-order chi connectivity index (χ0) is 19.5. The van der Waals surface area contributed by atoms with Gasteiger partial charge in [-0.25, -0.2) is 9.59 Å². The van der Waals surface area contributed by atoms with Gasteiger partial charge in [0.2, 0.25) is 5.91 Å². The van der Waals surface area contributed by atoms with Crippen molar-refractivity contribution in [3.63, 3.8) is 0 Å². The number of esters is 1. The lowest BCUT2D eigenvalue weighted by atomic mass is 10.1. The molecule has 1 aliphatic carbocycles. The molecular formula is C18H31N3O5. The van der Waals surface area contributed by atoms with Gasteiger partial charge < -0.3 is 19.7 Å². The van der Waals surface area contributed by atoms with Gasteiger partial charge in [-0.2, -0.15) is 0 Å². The average molecular weight is 369 g/mol. The molecule has 26 heavy (non-hydrogen) atoms. The first-order chi connectivity index (χ1) is 12.1. The molecule has 8 heteroatoms. The lowest BCUT2D eigenvalue weighted by Gasteiger charge is -2.34. The molecule has 0 aromatic heterocycles. The van der Waals surface area contributed by atoms with Crippen LogP contribution in [0.4, 0.5) is 4.79 Å². The molecule has 2 rings (SSSR count). The van der Waals surface area contributed by atoms with Crippen LogP contribution in [0.25, 0.3) is 0 Å². The van der Waals surface area contributed by atoms with Crippen molar-refractivity contribution in [2.24, 2.45) is 5.92 Å². The van der Waals surface area contributed by atoms with E-state index in [1.807, 2.05) is 4.90 Å².